The van der Waals surface area contributed by atoms with E-state index in [1.54, 1.807) is 19.1 Å². The number of nitrogens with one attached hydrogen (secondary N) is 1. The van der Waals surface area contributed by atoms with Crippen molar-refractivity contribution in [1.82, 2.24) is 0 Å². The second-order valence-corrected chi connectivity index (χ2v) is 5.48. The number of rotatable bonds is 7. The molecule has 0 spiro atoms. The topological polar surface area (TPSA) is 66.0 Å². The monoisotopic (exact) mass is 345 g/mol. The number of hydrogen-bond acceptors (Lipinski definition) is 5. The summed E-state index contributed by atoms with van der Waals surface area (Å²) in [5.41, 5.74) is 1.59. The second-order valence-electron chi connectivity index (χ2n) is 5.48. The van der Waals surface area contributed by atoms with Crippen molar-refractivity contribution in [2.24, 2.45) is 0 Å². The summed E-state index contributed by atoms with van der Waals surface area (Å²) in [6.45, 7) is 3.66. The van der Waals surface area contributed by atoms with Crippen molar-refractivity contribution in [2.45, 2.75) is 20.0 Å². The molecule has 0 saturated heterocycles. The maximum atomic E-state index is 12.4. The summed E-state index contributed by atoms with van der Waals surface area (Å²) in [6.07, 6.45) is -0.666. The van der Waals surface area contributed by atoms with E-state index < -0.39 is 6.10 Å². The van der Waals surface area contributed by atoms with Gasteiger partial charge in [-0.05, 0) is 31.5 Å². The van der Waals surface area contributed by atoms with Gasteiger partial charge >= 0.3 is 0 Å². The minimum Gasteiger partial charge on any atom is -0.493 e. The van der Waals surface area contributed by atoms with Crippen LogP contribution in [0.25, 0.3) is 0 Å². The molecule has 2 rings (SSSR count). The summed E-state index contributed by atoms with van der Waals surface area (Å²) in [5.74, 6) is 1.75. The molecule has 6 heteroatoms. The molecule has 1 unspecified atom stereocenters. The van der Waals surface area contributed by atoms with Gasteiger partial charge in [0.05, 0.1) is 21.3 Å². The molecule has 2 aromatic carbocycles. The fourth-order valence-corrected chi connectivity index (χ4v) is 2.34. The highest BCUT2D eigenvalue weighted by Crippen LogP contribution is 2.39. The highest BCUT2D eigenvalue weighted by Gasteiger charge is 2.18. The standard InChI is InChI=1S/C19H23NO5/c1-12-7-6-8-15(9-12)25-13(2)19(21)20-14-10-16(22-3)18(24-5)17(11-14)23-4/h6-11,13H,1-5H3,(H,20,21). The maximum absolute atomic E-state index is 12.4. The SMILES string of the molecule is COc1cc(NC(=O)C(C)Oc2cccc(C)c2)cc(OC)c1OC. The Morgan fingerprint density at radius 3 is 2.16 bits per heavy atom. The molecule has 0 aliphatic rings. The molecule has 2 aromatic rings. The lowest BCUT2D eigenvalue weighted by Gasteiger charge is -2.17. The Kier molecular flexibility index (Phi) is 6.11. The average Bonchev–Trinajstić information content (AvgIpc) is 2.60. The van der Waals surface area contributed by atoms with Gasteiger partial charge in [-0.1, -0.05) is 12.1 Å². The minimum absolute atomic E-state index is 0.282. The van der Waals surface area contributed by atoms with E-state index in [9.17, 15) is 4.79 Å². The van der Waals surface area contributed by atoms with Gasteiger partial charge in [-0.25, -0.2) is 0 Å². The van der Waals surface area contributed by atoms with Crippen LogP contribution in [0.15, 0.2) is 36.4 Å². The number of ether oxygens (including phenoxy) is 4. The molecule has 0 saturated carbocycles. The molecular formula is C19H23NO5. The van der Waals surface area contributed by atoms with Gasteiger partial charge in [0, 0.05) is 17.8 Å². The first-order valence-corrected chi connectivity index (χ1v) is 7.82. The molecule has 134 valence electrons. The third-order valence-corrected chi connectivity index (χ3v) is 3.60. The second kappa shape index (κ2) is 8.28. The van der Waals surface area contributed by atoms with Crippen molar-refractivity contribution in [3.05, 3.63) is 42.0 Å². The van der Waals surface area contributed by atoms with E-state index in [0.29, 0.717) is 28.7 Å². The number of hydrogen-bond donors (Lipinski definition) is 1. The number of aryl methyl sites for hydroxylation is 1. The first kappa shape index (κ1) is 18.4. The Hall–Kier alpha value is -2.89. The van der Waals surface area contributed by atoms with Gasteiger partial charge in [0.1, 0.15) is 5.75 Å². The van der Waals surface area contributed by atoms with Gasteiger partial charge in [-0.15, -0.1) is 0 Å². The average molecular weight is 345 g/mol. The van der Waals surface area contributed by atoms with Gasteiger partial charge in [-0.2, -0.15) is 0 Å². The van der Waals surface area contributed by atoms with Gasteiger partial charge in [0.15, 0.2) is 17.6 Å². The zero-order chi connectivity index (χ0) is 18.4. The summed E-state index contributed by atoms with van der Waals surface area (Å²) in [6, 6.07) is 10.9. The number of carbonyl (C=O) groups is 1. The van der Waals surface area contributed by atoms with Crippen molar-refractivity contribution in [3.8, 4) is 23.0 Å². The van der Waals surface area contributed by atoms with Crippen LogP contribution in [0.2, 0.25) is 0 Å². The zero-order valence-corrected chi connectivity index (χ0v) is 15.1. The fourth-order valence-electron chi connectivity index (χ4n) is 2.34. The molecular weight excluding hydrogens is 322 g/mol. The molecule has 0 aliphatic heterocycles. The Morgan fingerprint density at radius 1 is 1.00 bits per heavy atom. The van der Waals surface area contributed by atoms with Crippen molar-refractivity contribution < 1.29 is 23.7 Å². The molecule has 1 amide bonds. The Labute approximate surface area is 147 Å². The minimum atomic E-state index is -0.666. The largest absolute Gasteiger partial charge is 0.493 e. The Morgan fingerprint density at radius 2 is 1.64 bits per heavy atom. The molecule has 0 radical (unpaired) electrons. The summed E-state index contributed by atoms with van der Waals surface area (Å²) in [4.78, 5) is 12.4. The number of methoxy groups -OCH3 is 3. The van der Waals surface area contributed by atoms with E-state index in [1.165, 1.54) is 21.3 Å². The van der Waals surface area contributed by atoms with Crippen LogP contribution in [-0.4, -0.2) is 33.3 Å². The smallest absolute Gasteiger partial charge is 0.265 e. The van der Waals surface area contributed by atoms with Crippen LogP contribution in [-0.2, 0) is 4.79 Å². The summed E-state index contributed by atoms with van der Waals surface area (Å²) < 4.78 is 21.5. The molecule has 6 nitrogen and oxygen atoms in total. The molecule has 0 aromatic heterocycles. The quantitative estimate of drug-likeness (QED) is 0.833. The lowest BCUT2D eigenvalue weighted by molar-refractivity contribution is -0.122. The van der Waals surface area contributed by atoms with Crippen LogP contribution in [0.3, 0.4) is 0 Å². The van der Waals surface area contributed by atoms with Crippen LogP contribution in [0.4, 0.5) is 5.69 Å². The van der Waals surface area contributed by atoms with E-state index in [0.717, 1.165) is 5.56 Å². The van der Waals surface area contributed by atoms with Crippen LogP contribution in [0, 0.1) is 6.92 Å². The van der Waals surface area contributed by atoms with E-state index in [-0.39, 0.29) is 5.91 Å². The van der Waals surface area contributed by atoms with Gasteiger partial charge in [-0.3, -0.25) is 4.79 Å². The van der Waals surface area contributed by atoms with Crippen LogP contribution >= 0.6 is 0 Å². The van der Waals surface area contributed by atoms with Crippen LogP contribution in [0.1, 0.15) is 12.5 Å². The lowest BCUT2D eigenvalue weighted by atomic mass is 10.2. The molecule has 0 heterocycles. The molecule has 0 aliphatic carbocycles. The summed E-state index contributed by atoms with van der Waals surface area (Å²) in [5, 5.41) is 2.80. The molecule has 0 bridgehead atoms. The normalized spacial score (nSPS) is 11.4. The summed E-state index contributed by atoms with van der Waals surface area (Å²) in [7, 11) is 4.56. The predicted octanol–water partition coefficient (Wildman–Crippen LogP) is 3.43. The van der Waals surface area contributed by atoms with Crippen molar-refractivity contribution in [2.75, 3.05) is 26.6 Å². The lowest BCUT2D eigenvalue weighted by Crippen LogP contribution is -2.30. The van der Waals surface area contributed by atoms with E-state index in [1.807, 2.05) is 31.2 Å². The Bertz CT molecular complexity index is 719. The van der Waals surface area contributed by atoms with Gasteiger partial charge in [0.2, 0.25) is 5.75 Å². The predicted molar refractivity (Wildman–Crippen MR) is 96.0 cm³/mol. The number of amides is 1. The van der Waals surface area contributed by atoms with Crippen molar-refractivity contribution in [3.63, 3.8) is 0 Å². The zero-order valence-electron chi connectivity index (χ0n) is 15.1. The third-order valence-electron chi connectivity index (χ3n) is 3.60. The van der Waals surface area contributed by atoms with Crippen LogP contribution < -0.4 is 24.3 Å². The third kappa shape index (κ3) is 4.56. The van der Waals surface area contributed by atoms with Crippen molar-refractivity contribution in [1.29, 1.82) is 0 Å². The fraction of sp³-hybridized carbons (Fsp3) is 0.316. The highest BCUT2D eigenvalue weighted by atomic mass is 16.5. The number of carbonyl (C=O) groups excluding carboxylic acids is 1. The highest BCUT2D eigenvalue weighted by molar-refractivity contribution is 5.94. The van der Waals surface area contributed by atoms with Gasteiger partial charge < -0.3 is 24.3 Å². The van der Waals surface area contributed by atoms with Crippen LogP contribution in [0.5, 0.6) is 23.0 Å². The molecule has 1 N–H and O–H groups in total. The Balaban J connectivity index is 2.14. The molecule has 1 atom stereocenters. The first-order chi connectivity index (χ1) is 12.0. The maximum Gasteiger partial charge on any atom is 0.265 e. The van der Waals surface area contributed by atoms with E-state index in [4.69, 9.17) is 18.9 Å². The molecule has 25 heavy (non-hydrogen) atoms. The number of benzene rings is 2. The number of anilines is 1. The molecule has 0 fully saturated rings. The summed E-state index contributed by atoms with van der Waals surface area (Å²) >= 11 is 0. The van der Waals surface area contributed by atoms with E-state index >= 15 is 0 Å². The first-order valence-electron chi connectivity index (χ1n) is 7.82. The van der Waals surface area contributed by atoms with Crippen molar-refractivity contribution >= 4 is 11.6 Å². The van der Waals surface area contributed by atoms with E-state index in [2.05, 4.69) is 5.32 Å². The van der Waals surface area contributed by atoms with Gasteiger partial charge in [0.25, 0.3) is 5.91 Å².